The molecule has 1 amide bonds. The maximum absolute atomic E-state index is 13.1. The lowest BCUT2D eigenvalue weighted by atomic mass is 10.2. The Balaban J connectivity index is 1.80. The molecule has 1 aliphatic heterocycles. The van der Waals surface area contributed by atoms with Gasteiger partial charge in [-0.3, -0.25) is 14.7 Å². The number of nitrogens with zero attached hydrogens (tertiary/aromatic N) is 1. The van der Waals surface area contributed by atoms with E-state index in [4.69, 9.17) is 4.42 Å². The number of hydrogen-bond acceptors (Lipinski definition) is 4. The van der Waals surface area contributed by atoms with Gasteiger partial charge in [0.05, 0.1) is 18.1 Å². The first-order valence-electron chi connectivity index (χ1n) is 6.37. The van der Waals surface area contributed by atoms with E-state index in [1.807, 2.05) is 0 Å². The molecule has 1 aromatic heterocycles. The van der Waals surface area contributed by atoms with Crippen LogP contribution in [0.3, 0.4) is 0 Å². The van der Waals surface area contributed by atoms with Crippen LogP contribution in [-0.4, -0.2) is 29.0 Å². The van der Waals surface area contributed by atoms with E-state index in [-0.39, 0.29) is 0 Å². The number of nitrogens with one attached hydrogen (secondary N) is 2. The number of hydrogen-bond donors (Lipinski definition) is 2. The van der Waals surface area contributed by atoms with Crippen molar-refractivity contribution < 1.29 is 18.0 Å². The maximum Gasteiger partial charge on any atom is 0.419 e. The van der Waals surface area contributed by atoms with Gasteiger partial charge in [-0.2, -0.15) is 0 Å². The van der Waals surface area contributed by atoms with Crippen molar-refractivity contribution in [2.24, 2.45) is 7.05 Å². The summed E-state index contributed by atoms with van der Waals surface area (Å²) in [4.78, 5) is 23.3. The Morgan fingerprint density at radius 2 is 2.29 bits per heavy atom. The summed E-state index contributed by atoms with van der Waals surface area (Å²) in [6.07, 6.45) is -0.523. The summed E-state index contributed by atoms with van der Waals surface area (Å²) in [5.74, 6) is -3.90. The molecule has 1 aliphatic rings. The highest BCUT2D eigenvalue weighted by molar-refractivity contribution is 5.96. The Kier molecular flexibility index (Phi) is 3.05. The van der Waals surface area contributed by atoms with Gasteiger partial charge in [0.1, 0.15) is 0 Å². The number of aryl methyl sites for hydroxylation is 1. The number of amides is 1. The van der Waals surface area contributed by atoms with Crippen molar-refractivity contribution in [1.29, 1.82) is 0 Å². The average molecular weight is 297 g/mol. The van der Waals surface area contributed by atoms with Crippen molar-refractivity contribution in [3.8, 4) is 0 Å². The number of halogens is 2. The van der Waals surface area contributed by atoms with E-state index in [9.17, 15) is 18.4 Å². The van der Waals surface area contributed by atoms with Crippen molar-refractivity contribution in [3.63, 3.8) is 0 Å². The zero-order valence-electron chi connectivity index (χ0n) is 11.2. The lowest BCUT2D eigenvalue weighted by Crippen LogP contribution is -2.35. The first kappa shape index (κ1) is 13.7. The minimum absolute atomic E-state index is 0.394. The Bertz CT molecular complexity index is 766. The minimum Gasteiger partial charge on any atom is -0.408 e. The fourth-order valence-electron chi connectivity index (χ4n) is 2.33. The number of benzene rings is 1. The molecule has 0 saturated carbocycles. The summed E-state index contributed by atoms with van der Waals surface area (Å²) >= 11 is 0. The molecule has 2 N–H and O–H groups in total. The molecule has 8 heteroatoms. The molecule has 3 rings (SSSR count). The van der Waals surface area contributed by atoms with E-state index in [0.717, 1.165) is 0 Å². The van der Waals surface area contributed by atoms with E-state index in [2.05, 4.69) is 10.6 Å². The number of alkyl halides is 2. The Morgan fingerprint density at radius 3 is 2.95 bits per heavy atom. The topological polar surface area (TPSA) is 76.3 Å². The number of oxazole rings is 1. The van der Waals surface area contributed by atoms with Crippen LogP contribution < -0.4 is 16.4 Å². The SMILES string of the molecule is Cn1c(=O)oc2ccc(NC(=O)C3CC(F)(F)CN3)cc21. The molecule has 6 nitrogen and oxygen atoms in total. The van der Waals surface area contributed by atoms with Gasteiger partial charge in [0.15, 0.2) is 5.58 Å². The van der Waals surface area contributed by atoms with Crippen LogP contribution in [0.15, 0.2) is 27.4 Å². The van der Waals surface area contributed by atoms with Gasteiger partial charge < -0.3 is 9.73 Å². The fourth-order valence-corrected chi connectivity index (χ4v) is 2.33. The quantitative estimate of drug-likeness (QED) is 0.869. The third-order valence-corrected chi connectivity index (χ3v) is 3.49. The number of carbonyl (C=O) groups is 1. The van der Waals surface area contributed by atoms with Gasteiger partial charge in [-0.25, -0.2) is 13.6 Å². The van der Waals surface area contributed by atoms with E-state index in [1.54, 1.807) is 25.2 Å². The Morgan fingerprint density at radius 1 is 1.52 bits per heavy atom. The minimum atomic E-state index is -2.86. The summed E-state index contributed by atoms with van der Waals surface area (Å²) in [5, 5.41) is 5.04. The predicted molar refractivity (Wildman–Crippen MR) is 71.4 cm³/mol. The smallest absolute Gasteiger partial charge is 0.408 e. The second kappa shape index (κ2) is 4.66. The molecule has 0 aliphatic carbocycles. The lowest BCUT2D eigenvalue weighted by molar-refractivity contribution is -0.118. The van der Waals surface area contributed by atoms with Crippen LogP contribution >= 0.6 is 0 Å². The number of anilines is 1. The van der Waals surface area contributed by atoms with Crippen molar-refractivity contribution in [1.82, 2.24) is 9.88 Å². The summed E-state index contributed by atoms with van der Waals surface area (Å²) < 4.78 is 32.4. The third kappa shape index (κ3) is 2.54. The monoisotopic (exact) mass is 297 g/mol. The second-order valence-corrected chi connectivity index (χ2v) is 5.09. The summed E-state index contributed by atoms with van der Waals surface area (Å²) in [6.45, 7) is -0.500. The van der Waals surface area contributed by atoms with E-state index in [1.165, 1.54) is 4.57 Å². The molecular weight excluding hydrogens is 284 g/mol. The first-order chi connectivity index (χ1) is 9.85. The number of aromatic nitrogens is 1. The van der Waals surface area contributed by atoms with Crippen molar-refractivity contribution in [2.75, 3.05) is 11.9 Å². The van der Waals surface area contributed by atoms with Gasteiger partial charge in [0.25, 0.3) is 5.92 Å². The molecule has 0 radical (unpaired) electrons. The lowest BCUT2D eigenvalue weighted by Gasteiger charge is -2.11. The van der Waals surface area contributed by atoms with Crippen LogP contribution in [-0.2, 0) is 11.8 Å². The molecule has 112 valence electrons. The highest BCUT2D eigenvalue weighted by Crippen LogP contribution is 2.26. The average Bonchev–Trinajstić information content (AvgIpc) is 2.92. The van der Waals surface area contributed by atoms with Gasteiger partial charge in [0.2, 0.25) is 5.91 Å². The largest absolute Gasteiger partial charge is 0.419 e. The van der Waals surface area contributed by atoms with Crippen molar-refractivity contribution in [3.05, 3.63) is 28.7 Å². The molecule has 1 unspecified atom stereocenters. The van der Waals surface area contributed by atoms with Gasteiger partial charge >= 0.3 is 5.76 Å². The van der Waals surface area contributed by atoms with Gasteiger partial charge in [-0.05, 0) is 18.2 Å². The fraction of sp³-hybridized carbons (Fsp3) is 0.385. The van der Waals surface area contributed by atoms with Crippen LogP contribution in [0.2, 0.25) is 0 Å². The Labute approximate surface area is 117 Å². The van der Waals surface area contributed by atoms with E-state index >= 15 is 0 Å². The van der Waals surface area contributed by atoms with Gasteiger partial charge in [-0.15, -0.1) is 0 Å². The molecular formula is C13H13F2N3O3. The van der Waals surface area contributed by atoms with Crippen LogP contribution in [0.5, 0.6) is 0 Å². The Hall–Kier alpha value is -2.22. The third-order valence-electron chi connectivity index (χ3n) is 3.49. The summed E-state index contributed by atoms with van der Waals surface area (Å²) in [6, 6.07) is 3.73. The number of carbonyl (C=O) groups excluding carboxylic acids is 1. The number of fused-ring (bicyclic) bond motifs is 1. The molecule has 1 aromatic carbocycles. The van der Waals surface area contributed by atoms with E-state index < -0.39 is 36.6 Å². The van der Waals surface area contributed by atoms with Crippen LogP contribution in [0, 0.1) is 0 Å². The maximum atomic E-state index is 13.1. The summed E-state index contributed by atoms with van der Waals surface area (Å²) in [5.41, 5.74) is 1.33. The molecule has 21 heavy (non-hydrogen) atoms. The van der Waals surface area contributed by atoms with E-state index in [0.29, 0.717) is 16.8 Å². The number of rotatable bonds is 2. The van der Waals surface area contributed by atoms with Gasteiger partial charge in [0, 0.05) is 19.2 Å². The molecule has 0 spiro atoms. The van der Waals surface area contributed by atoms with Crippen molar-refractivity contribution >= 4 is 22.7 Å². The molecule has 1 fully saturated rings. The standard InChI is InChI=1S/C13H13F2N3O3/c1-18-9-4-7(2-3-10(9)21-12(18)20)17-11(19)8-5-13(14,15)6-16-8/h2-4,8,16H,5-6H2,1H3,(H,17,19). The zero-order chi connectivity index (χ0) is 15.2. The molecule has 1 saturated heterocycles. The highest BCUT2D eigenvalue weighted by Gasteiger charge is 2.42. The zero-order valence-corrected chi connectivity index (χ0v) is 11.2. The first-order valence-corrected chi connectivity index (χ1v) is 6.37. The predicted octanol–water partition coefficient (Wildman–Crippen LogP) is 1.07. The second-order valence-electron chi connectivity index (χ2n) is 5.09. The highest BCUT2D eigenvalue weighted by atomic mass is 19.3. The molecule has 0 bridgehead atoms. The normalized spacial score (nSPS) is 20.8. The van der Waals surface area contributed by atoms with Crippen molar-refractivity contribution in [2.45, 2.75) is 18.4 Å². The summed E-state index contributed by atoms with van der Waals surface area (Å²) in [7, 11) is 1.54. The molecule has 2 heterocycles. The van der Waals surface area contributed by atoms with Crippen LogP contribution in [0.25, 0.3) is 11.1 Å². The molecule has 2 aromatic rings. The van der Waals surface area contributed by atoms with Gasteiger partial charge in [-0.1, -0.05) is 0 Å². The molecule has 1 atom stereocenters. The van der Waals surface area contributed by atoms with Crippen LogP contribution in [0.4, 0.5) is 14.5 Å². The van der Waals surface area contributed by atoms with Crippen LogP contribution in [0.1, 0.15) is 6.42 Å².